The topological polar surface area (TPSA) is 89.6 Å². The van der Waals surface area contributed by atoms with E-state index >= 15 is 0 Å². The van der Waals surface area contributed by atoms with Crippen molar-refractivity contribution >= 4 is 11.9 Å². The summed E-state index contributed by atoms with van der Waals surface area (Å²) >= 11 is 0. The summed E-state index contributed by atoms with van der Waals surface area (Å²) in [7, 11) is 0. The minimum absolute atomic E-state index is 0.214. The van der Waals surface area contributed by atoms with Gasteiger partial charge in [0.2, 0.25) is 0 Å². The lowest BCUT2D eigenvalue weighted by Crippen LogP contribution is -2.50. The van der Waals surface area contributed by atoms with E-state index in [-0.39, 0.29) is 6.42 Å². The fourth-order valence-electron chi connectivity index (χ4n) is 2.68. The Morgan fingerprint density at radius 3 is 1.89 bits per heavy atom. The molecule has 5 nitrogen and oxygen atoms in total. The summed E-state index contributed by atoms with van der Waals surface area (Å²) < 4.78 is 4.65. The molecule has 5 heteroatoms. The van der Waals surface area contributed by atoms with Crippen LogP contribution in [0, 0.1) is 0 Å². The van der Waals surface area contributed by atoms with E-state index in [0.717, 1.165) is 25.7 Å². The largest absolute Gasteiger partial charge is 0.394 e. The average Bonchev–Trinajstić information content (AvgIpc) is 2.64. The van der Waals surface area contributed by atoms with Gasteiger partial charge in [0, 0.05) is 6.42 Å². The molecule has 0 unspecified atom stereocenters. The summed E-state index contributed by atoms with van der Waals surface area (Å²) in [4.78, 5) is 23.1. The Balaban J connectivity index is 3.43. The second kappa shape index (κ2) is 16.9. The molecule has 0 bridgehead atoms. The Morgan fingerprint density at radius 1 is 0.889 bits per heavy atom. The predicted octanol–water partition coefficient (Wildman–Crippen LogP) is 4.80. The van der Waals surface area contributed by atoms with Gasteiger partial charge in [-0.05, 0) is 39.0 Å². The molecule has 0 aliphatic carbocycles. The molecule has 0 spiro atoms. The zero-order valence-corrected chi connectivity index (χ0v) is 17.5. The number of aliphatic hydroxyl groups is 1. The first-order valence-corrected chi connectivity index (χ1v) is 10.7. The molecule has 0 aliphatic rings. The van der Waals surface area contributed by atoms with Crippen molar-refractivity contribution in [3.63, 3.8) is 0 Å². The lowest BCUT2D eigenvalue weighted by molar-refractivity contribution is -0.164. The Morgan fingerprint density at radius 2 is 1.37 bits per heavy atom. The summed E-state index contributed by atoms with van der Waals surface area (Å²) in [6.07, 6.45) is 20.3. The lowest BCUT2D eigenvalue weighted by atomic mass is 10.1. The summed E-state index contributed by atoms with van der Waals surface area (Å²) in [6.45, 7) is 3.04. The second-order valence-corrected chi connectivity index (χ2v) is 7.67. The van der Waals surface area contributed by atoms with Gasteiger partial charge in [0.05, 0.1) is 6.61 Å². The molecule has 0 amide bonds. The molecule has 0 heterocycles. The average molecular weight is 384 g/mol. The number of ether oxygens (including phenoxy) is 1. The highest BCUT2D eigenvalue weighted by Crippen LogP contribution is 2.11. The van der Waals surface area contributed by atoms with E-state index in [0.29, 0.717) is 6.42 Å². The number of aliphatic hydroxyl groups excluding tert-OH is 1. The van der Waals surface area contributed by atoms with Crippen LogP contribution in [0.1, 0.15) is 104 Å². The maximum Gasteiger partial charge on any atom is 0.335 e. The van der Waals surface area contributed by atoms with Crippen molar-refractivity contribution in [3.8, 4) is 0 Å². The quantitative estimate of drug-likeness (QED) is 0.163. The molecule has 3 N–H and O–H groups in total. The van der Waals surface area contributed by atoms with E-state index in [1.165, 1.54) is 58.3 Å². The monoisotopic (exact) mass is 383 g/mol. The smallest absolute Gasteiger partial charge is 0.335 e. The van der Waals surface area contributed by atoms with Gasteiger partial charge in [0.25, 0.3) is 0 Å². The van der Waals surface area contributed by atoms with Gasteiger partial charge in [-0.1, -0.05) is 70.4 Å². The fraction of sp³-hybridized carbons (Fsp3) is 0.818. The van der Waals surface area contributed by atoms with E-state index in [4.69, 9.17) is 10.8 Å². The second-order valence-electron chi connectivity index (χ2n) is 7.67. The van der Waals surface area contributed by atoms with Gasteiger partial charge < -0.3 is 15.6 Å². The zero-order valence-electron chi connectivity index (χ0n) is 17.5. The Labute approximate surface area is 165 Å². The van der Waals surface area contributed by atoms with Crippen molar-refractivity contribution < 1.29 is 19.4 Å². The Bertz CT molecular complexity index is 419. The SMILES string of the molecule is CCCCCCCC/C=C\CCCCCCCC(=O)OC(=O)[C@@](C)(N)CO. The number of rotatable bonds is 17. The number of hydrogen-bond acceptors (Lipinski definition) is 5. The molecular weight excluding hydrogens is 342 g/mol. The highest BCUT2D eigenvalue weighted by molar-refractivity contribution is 5.90. The van der Waals surface area contributed by atoms with Gasteiger partial charge in [0.15, 0.2) is 0 Å². The highest BCUT2D eigenvalue weighted by Gasteiger charge is 2.31. The van der Waals surface area contributed by atoms with Crippen LogP contribution >= 0.6 is 0 Å². The van der Waals surface area contributed by atoms with Gasteiger partial charge in [-0.2, -0.15) is 0 Å². The number of carbonyl (C=O) groups is 2. The van der Waals surface area contributed by atoms with Gasteiger partial charge in [-0.15, -0.1) is 0 Å². The van der Waals surface area contributed by atoms with Crippen LogP contribution in [0.15, 0.2) is 12.2 Å². The van der Waals surface area contributed by atoms with Crippen LogP contribution in [-0.2, 0) is 14.3 Å². The van der Waals surface area contributed by atoms with Crippen LogP contribution < -0.4 is 5.73 Å². The van der Waals surface area contributed by atoms with Gasteiger partial charge in [0.1, 0.15) is 5.54 Å². The van der Waals surface area contributed by atoms with Crippen molar-refractivity contribution in [1.29, 1.82) is 0 Å². The third kappa shape index (κ3) is 15.5. The number of hydrogen-bond donors (Lipinski definition) is 2. The first-order valence-electron chi connectivity index (χ1n) is 10.7. The molecule has 0 aliphatic heterocycles. The van der Waals surface area contributed by atoms with Crippen LogP contribution in [0.5, 0.6) is 0 Å². The van der Waals surface area contributed by atoms with Crippen LogP contribution in [0.25, 0.3) is 0 Å². The van der Waals surface area contributed by atoms with Crippen LogP contribution in [-0.4, -0.2) is 29.2 Å². The molecule has 0 aromatic heterocycles. The van der Waals surface area contributed by atoms with E-state index in [9.17, 15) is 9.59 Å². The number of allylic oxidation sites excluding steroid dienone is 2. The Kier molecular flexibility index (Phi) is 16.2. The molecule has 0 rings (SSSR count). The van der Waals surface area contributed by atoms with Crippen molar-refractivity contribution in [3.05, 3.63) is 12.2 Å². The zero-order chi connectivity index (χ0) is 20.4. The Hall–Kier alpha value is -1.20. The maximum atomic E-state index is 11.6. The summed E-state index contributed by atoms with van der Waals surface area (Å²) in [5.74, 6) is -1.44. The maximum absolute atomic E-state index is 11.6. The minimum Gasteiger partial charge on any atom is -0.394 e. The first-order chi connectivity index (χ1) is 12.9. The van der Waals surface area contributed by atoms with Crippen molar-refractivity contribution in [2.45, 2.75) is 109 Å². The predicted molar refractivity (Wildman–Crippen MR) is 110 cm³/mol. The number of carbonyl (C=O) groups excluding carboxylic acids is 2. The van der Waals surface area contributed by atoms with Gasteiger partial charge in [-0.25, -0.2) is 4.79 Å². The molecule has 0 saturated carbocycles. The fourth-order valence-corrected chi connectivity index (χ4v) is 2.68. The number of esters is 2. The molecule has 0 saturated heterocycles. The van der Waals surface area contributed by atoms with Crippen LogP contribution in [0.4, 0.5) is 0 Å². The number of nitrogens with two attached hydrogens (primary N) is 1. The van der Waals surface area contributed by atoms with E-state index in [1.54, 1.807) is 0 Å². The molecule has 27 heavy (non-hydrogen) atoms. The number of unbranched alkanes of at least 4 members (excludes halogenated alkanes) is 11. The van der Waals surface area contributed by atoms with E-state index in [1.807, 2.05) is 0 Å². The normalized spacial score (nSPS) is 13.6. The summed E-state index contributed by atoms with van der Waals surface area (Å²) in [5.41, 5.74) is 4.00. The van der Waals surface area contributed by atoms with Crippen molar-refractivity contribution in [1.82, 2.24) is 0 Å². The van der Waals surface area contributed by atoms with E-state index in [2.05, 4.69) is 23.8 Å². The molecule has 0 fully saturated rings. The third-order valence-electron chi connectivity index (χ3n) is 4.64. The van der Waals surface area contributed by atoms with Crippen LogP contribution in [0.2, 0.25) is 0 Å². The third-order valence-corrected chi connectivity index (χ3v) is 4.64. The summed E-state index contributed by atoms with van der Waals surface area (Å²) in [6, 6.07) is 0. The molecule has 0 aromatic carbocycles. The molecule has 0 radical (unpaired) electrons. The van der Waals surface area contributed by atoms with Crippen molar-refractivity contribution in [2.75, 3.05) is 6.61 Å². The van der Waals surface area contributed by atoms with Gasteiger partial charge in [-0.3, -0.25) is 4.79 Å². The lowest BCUT2D eigenvalue weighted by Gasteiger charge is -2.18. The van der Waals surface area contributed by atoms with E-state index < -0.39 is 24.1 Å². The summed E-state index contributed by atoms with van der Waals surface area (Å²) in [5, 5.41) is 8.95. The van der Waals surface area contributed by atoms with Gasteiger partial charge >= 0.3 is 11.9 Å². The molecular formula is C22H41NO4. The first kappa shape index (κ1) is 25.8. The standard InChI is InChI=1S/C22H41NO4/c1-3-4-5-6-7-8-9-10-11-12-13-14-15-16-17-18-20(25)27-21(26)22(2,23)19-24/h10-11,24H,3-9,12-19,23H2,1-2H3/b11-10-/t22-/m0/s1. The van der Waals surface area contributed by atoms with Crippen molar-refractivity contribution in [2.24, 2.45) is 5.73 Å². The molecule has 158 valence electrons. The minimum atomic E-state index is -1.52. The molecule has 0 aromatic rings. The highest BCUT2D eigenvalue weighted by atomic mass is 16.6. The molecule has 1 atom stereocenters. The van der Waals surface area contributed by atoms with Crippen LogP contribution in [0.3, 0.4) is 0 Å².